The number of hydrogen-bond acceptors (Lipinski definition) is 2. The highest BCUT2D eigenvalue weighted by molar-refractivity contribution is 14.1. The molecule has 0 unspecified atom stereocenters. The predicted molar refractivity (Wildman–Crippen MR) is 55.2 cm³/mol. The Bertz CT molecular complexity index is 288. The fraction of sp³-hybridized carbons (Fsp3) is 0.125. The van der Waals surface area contributed by atoms with Crippen LogP contribution in [0.1, 0.15) is 5.56 Å². The van der Waals surface area contributed by atoms with Crippen molar-refractivity contribution >= 4 is 28.5 Å². The van der Waals surface area contributed by atoms with Crippen LogP contribution in [0.15, 0.2) is 24.3 Å². The van der Waals surface area contributed by atoms with Crippen molar-refractivity contribution in [3.63, 3.8) is 0 Å². The van der Waals surface area contributed by atoms with Gasteiger partial charge in [-0.15, -0.1) is 0 Å². The van der Waals surface area contributed by atoms with Crippen molar-refractivity contribution in [1.82, 2.24) is 5.43 Å². The van der Waals surface area contributed by atoms with Crippen molar-refractivity contribution in [2.75, 3.05) is 0 Å². The highest BCUT2D eigenvalue weighted by atomic mass is 127. The molecule has 64 valence electrons. The second kappa shape index (κ2) is 4.42. The first-order valence-corrected chi connectivity index (χ1v) is 4.54. The molecule has 0 saturated carbocycles. The van der Waals surface area contributed by atoms with E-state index in [1.165, 1.54) is 0 Å². The van der Waals surface area contributed by atoms with E-state index in [1.54, 1.807) is 0 Å². The summed E-state index contributed by atoms with van der Waals surface area (Å²) in [4.78, 5) is 10.9. The lowest BCUT2D eigenvalue weighted by Crippen LogP contribution is -2.31. The van der Waals surface area contributed by atoms with Crippen LogP contribution in [-0.2, 0) is 11.2 Å². The summed E-state index contributed by atoms with van der Waals surface area (Å²) in [6.45, 7) is 0. The molecule has 0 saturated heterocycles. The molecule has 0 radical (unpaired) electrons. The van der Waals surface area contributed by atoms with E-state index >= 15 is 0 Å². The van der Waals surface area contributed by atoms with Gasteiger partial charge in [0.2, 0.25) is 5.91 Å². The van der Waals surface area contributed by atoms with Gasteiger partial charge < -0.3 is 0 Å². The summed E-state index contributed by atoms with van der Waals surface area (Å²) in [5.41, 5.74) is 3.10. The SMILES string of the molecule is NNC(=O)Cc1ccccc1I. The Labute approximate surface area is 84.4 Å². The maximum Gasteiger partial charge on any atom is 0.238 e. The molecule has 12 heavy (non-hydrogen) atoms. The maximum absolute atomic E-state index is 10.9. The summed E-state index contributed by atoms with van der Waals surface area (Å²) in [6, 6.07) is 7.71. The van der Waals surface area contributed by atoms with Crippen LogP contribution >= 0.6 is 22.6 Å². The summed E-state index contributed by atoms with van der Waals surface area (Å²) in [7, 11) is 0. The first-order chi connectivity index (χ1) is 5.74. The Morgan fingerprint density at radius 3 is 2.75 bits per heavy atom. The van der Waals surface area contributed by atoms with Gasteiger partial charge in [-0.25, -0.2) is 5.84 Å². The molecule has 0 heterocycles. The third-order valence-corrected chi connectivity index (χ3v) is 2.52. The second-order valence-electron chi connectivity index (χ2n) is 2.34. The van der Waals surface area contributed by atoms with E-state index in [0.29, 0.717) is 6.42 Å². The number of amides is 1. The molecular weight excluding hydrogens is 267 g/mol. The van der Waals surface area contributed by atoms with E-state index in [1.807, 2.05) is 24.3 Å². The minimum absolute atomic E-state index is 0.167. The van der Waals surface area contributed by atoms with Gasteiger partial charge in [-0.2, -0.15) is 0 Å². The van der Waals surface area contributed by atoms with Gasteiger partial charge in [0.15, 0.2) is 0 Å². The number of nitrogens with two attached hydrogens (primary N) is 1. The van der Waals surface area contributed by atoms with Gasteiger partial charge in [0.1, 0.15) is 0 Å². The molecule has 0 aliphatic carbocycles. The normalized spacial score (nSPS) is 9.50. The van der Waals surface area contributed by atoms with Gasteiger partial charge >= 0.3 is 0 Å². The van der Waals surface area contributed by atoms with Crippen LogP contribution in [0.3, 0.4) is 0 Å². The van der Waals surface area contributed by atoms with Gasteiger partial charge in [0.05, 0.1) is 6.42 Å². The number of hydrazine groups is 1. The molecule has 3 N–H and O–H groups in total. The lowest BCUT2D eigenvalue weighted by atomic mass is 10.1. The molecule has 4 heteroatoms. The number of benzene rings is 1. The number of rotatable bonds is 2. The molecule has 1 rings (SSSR count). The van der Waals surface area contributed by atoms with Gasteiger partial charge in [0, 0.05) is 3.57 Å². The van der Waals surface area contributed by atoms with Crippen LogP contribution in [0.25, 0.3) is 0 Å². The number of carbonyl (C=O) groups is 1. The molecule has 0 fully saturated rings. The largest absolute Gasteiger partial charge is 0.294 e. The van der Waals surface area contributed by atoms with E-state index < -0.39 is 0 Å². The summed E-state index contributed by atoms with van der Waals surface area (Å²) < 4.78 is 1.08. The van der Waals surface area contributed by atoms with Crippen molar-refractivity contribution in [2.24, 2.45) is 5.84 Å². The van der Waals surface area contributed by atoms with E-state index in [-0.39, 0.29) is 5.91 Å². The predicted octanol–water partition coefficient (Wildman–Crippen LogP) is 0.824. The summed E-state index contributed by atoms with van der Waals surface area (Å²) in [5, 5.41) is 0. The lowest BCUT2D eigenvalue weighted by molar-refractivity contribution is -0.120. The molecule has 0 atom stereocenters. The Morgan fingerprint density at radius 1 is 1.50 bits per heavy atom. The molecule has 3 nitrogen and oxygen atoms in total. The molecule has 0 aromatic heterocycles. The maximum atomic E-state index is 10.9. The third-order valence-electron chi connectivity index (χ3n) is 1.47. The summed E-state index contributed by atoms with van der Waals surface area (Å²) in [5.74, 6) is 4.80. The van der Waals surface area contributed by atoms with Crippen LogP contribution in [0.4, 0.5) is 0 Å². The Morgan fingerprint density at radius 2 is 2.17 bits per heavy atom. The Balaban J connectivity index is 2.75. The van der Waals surface area contributed by atoms with E-state index in [9.17, 15) is 4.79 Å². The first kappa shape index (κ1) is 9.47. The van der Waals surface area contributed by atoms with Crippen LogP contribution < -0.4 is 11.3 Å². The molecular formula is C8H9IN2O. The highest BCUT2D eigenvalue weighted by Gasteiger charge is 2.03. The molecule has 1 amide bonds. The van der Waals surface area contributed by atoms with Gasteiger partial charge in [-0.1, -0.05) is 18.2 Å². The molecule has 1 aromatic rings. The minimum atomic E-state index is -0.167. The number of halogens is 1. The molecule has 0 bridgehead atoms. The lowest BCUT2D eigenvalue weighted by Gasteiger charge is -2.01. The van der Waals surface area contributed by atoms with Gasteiger partial charge in [-0.05, 0) is 34.2 Å². The topological polar surface area (TPSA) is 55.1 Å². The smallest absolute Gasteiger partial charge is 0.238 e. The zero-order valence-electron chi connectivity index (χ0n) is 6.38. The average Bonchev–Trinajstić information content (AvgIpc) is 2.09. The van der Waals surface area contributed by atoms with Gasteiger partial charge in [-0.3, -0.25) is 10.2 Å². The fourth-order valence-electron chi connectivity index (χ4n) is 0.866. The number of hydrogen-bond donors (Lipinski definition) is 2. The fourth-order valence-corrected chi connectivity index (χ4v) is 1.44. The van der Waals surface area contributed by atoms with E-state index in [0.717, 1.165) is 9.13 Å². The monoisotopic (exact) mass is 276 g/mol. The van der Waals surface area contributed by atoms with Crippen molar-refractivity contribution in [3.8, 4) is 0 Å². The number of nitrogens with one attached hydrogen (secondary N) is 1. The molecule has 0 aliphatic heterocycles. The molecule has 1 aromatic carbocycles. The zero-order chi connectivity index (χ0) is 8.97. The first-order valence-electron chi connectivity index (χ1n) is 3.47. The van der Waals surface area contributed by atoms with Crippen LogP contribution in [0, 0.1) is 3.57 Å². The Hall–Kier alpha value is -0.620. The van der Waals surface area contributed by atoms with Crippen LogP contribution in [-0.4, -0.2) is 5.91 Å². The third kappa shape index (κ3) is 2.46. The highest BCUT2D eigenvalue weighted by Crippen LogP contribution is 2.11. The average molecular weight is 276 g/mol. The van der Waals surface area contributed by atoms with Gasteiger partial charge in [0.25, 0.3) is 0 Å². The van der Waals surface area contributed by atoms with Crippen molar-refractivity contribution in [1.29, 1.82) is 0 Å². The quantitative estimate of drug-likeness (QED) is 0.364. The van der Waals surface area contributed by atoms with E-state index in [2.05, 4.69) is 28.0 Å². The van der Waals surface area contributed by atoms with Crippen molar-refractivity contribution in [3.05, 3.63) is 33.4 Å². The Kier molecular flexibility index (Phi) is 3.48. The van der Waals surface area contributed by atoms with Crippen molar-refractivity contribution < 1.29 is 4.79 Å². The van der Waals surface area contributed by atoms with Crippen LogP contribution in [0.2, 0.25) is 0 Å². The second-order valence-corrected chi connectivity index (χ2v) is 3.50. The zero-order valence-corrected chi connectivity index (χ0v) is 8.54. The van der Waals surface area contributed by atoms with Crippen molar-refractivity contribution in [2.45, 2.75) is 6.42 Å². The van der Waals surface area contributed by atoms with E-state index in [4.69, 9.17) is 5.84 Å². The molecule has 0 spiro atoms. The van der Waals surface area contributed by atoms with Crippen LogP contribution in [0.5, 0.6) is 0 Å². The summed E-state index contributed by atoms with van der Waals surface area (Å²) >= 11 is 2.19. The number of carbonyl (C=O) groups excluding carboxylic acids is 1. The minimum Gasteiger partial charge on any atom is -0.294 e. The summed E-state index contributed by atoms with van der Waals surface area (Å²) in [6.07, 6.45) is 0.343. The standard InChI is InChI=1S/C8H9IN2O/c9-7-4-2-1-3-6(7)5-8(12)11-10/h1-4H,5,10H2,(H,11,12). The molecule has 0 aliphatic rings.